The van der Waals surface area contributed by atoms with E-state index in [2.05, 4.69) is 52.1 Å². The van der Waals surface area contributed by atoms with Gasteiger partial charge in [-0.25, -0.2) is 0 Å². The summed E-state index contributed by atoms with van der Waals surface area (Å²) in [7, 11) is 0. The van der Waals surface area contributed by atoms with E-state index in [0.29, 0.717) is 5.92 Å². The lowest BCUT2D eigenvalue weighted by Crippen LogP contribution is -2.24. The SMILES string of the molecule is Cc1cc(C(N)C2CCCc3cccnc32)ccc1Br. The van der Waals surface area contributed by atoms with Crippen molar-refractivity contribution in [1.82, 2.24) is 4.98 Å². The van der Waals surface area contributed by atoms with Gasteiger partial charge in [-0.2, -0.15) is 0 Å². The fourth-order valence-electron chi connectivity index (χ4n) is 3.10. The Morgan fingerprint density at radius 3 is 3.00 bits per heavy atom. The Hall–Kier alpha value is -1.19. The van der Waals surface area contributed by atoms with Crippen molar-refractivity contribution in [1.29, 1.82) is 0 Å². The number of aryl methyl sites for hydroxylation is 2. The Morgan fingerprint density at radius 2 is 2.20 bits per heavy atom. The lowest BCUT2D eigenvalue weighted by atomic mass is 9.80. The Bertz CT molecular complexity index is 624. The molecule has 0 spiro atoms. The van der Waals surface area contributed by atoms with Gasteiger partial charge in [0.05, 0.1) is 0 Å². The van der Waals surface area contributed by atoms with E-state index in [0.717, 1.165) is 17.3 Å². The Balaban J connectivity index is 1.95. The molecule has 1 aliphatic rings. The predicted molar refractivity (Wildman–Crippen MR) is 85.7 cm³/mol. The van der Waals surface area contributed by atoms with Crippen LogP contribution in [-0.4, -0.2) is 4.98 Å². The highest BCUT2D eigenvalue weighted by Gasteiger charge is 2.27. The quantitative estimate of drug-likeness (QED) is 0.892. The first kappa shape index (κ1) is 13.8. The van der Waals surface area contributed by atoms with E-state index in [1.165, 1.54) is 28.8 Å². The molecule has 2 atom stereocenters. The molecule has 1 heterocycles. The number of pyridine rings is 1. The summed E-state index contributed by atoms with van der Waals surface area (Å²) in [6, 6.07) is 10.6. The van der Waals surface area contributed by atoms with Gasteiger partial charge >= 0.3 is 0 Å². The zero-order valence-corrected chi connectivity index (χ0v) is 13.2. The summed E-state index contributed by atoms with van der Waals surface area (Å²) in [6.45, 7) is 2.10. The summed E-state index contributed by atoms with van der Waals surface area (Å²) in [4.78, 5) is 4.60. The molecule has 0 amide bonds. The molecule has 0 fully saturated rings. The van der Waals surface area contributed by atoms with Crippen molar-refractivity contribution >= 4 is 15.9 Å². The molecule has 104 valence electrons. The minimum atomic E-state index is 0.0238. The molecule has 2 nitrogen and oxygen atoms in total. The first-order chi connectivity index (χ1) is 9.66. The Labute approximate surface area is 128 Å². The van der Waals surface area contributed by atoms with Gasteiger partial charge < -0.3 is 5.73 Å². The molecule has 0 saturated heterocycles. The largest absolute Gasteiger partial charge is 0.323 e. The second-order valence-electron chi connectivity index (χ2n) is 5.58. The van der Waals surface area contributed by atoms with Crippen molar-refractivity contribution < 1.29 is 0 Å². The summed E-state index contributed by atoms with van der Waals surface area (Å²) in [5, 5.41) is 0. The lowest BCUT2D eigenvalue weighted by Gasteiger charge is -2.29. The van der Waals surface area contributed by atoms with E-state index in [4.69, 9.17) is 5.73 Å². The smallest absolute Gasteiger partial charge is 0.0485 e. The van der Waals surface area contributed by atoms with Crippen LogP contribution in [0.3, 0.4) is 0 Å². The average Bonchev–Trinajstić information content (AvgIpc) is 2.49. The first-order valence-electron chi connectivity index (χ1n) is 7.12. The molecule has 0 bridgehead atoms. The van der Waals surface area contributed by atoms with E-state index in [1.807, 2.05) is 12.3 Å². The highest BCUT2D eigenvalue weighted by molar-refractivity contribution is 9.10. The molecule has 3 heteroatoms. The number of halogens is 1. The third-order valence-corrected chi connectivity index (χ3v) is 5.13. The molecule has 1 aliphatic carbocycles. The van der Waals surface area contributed by atoms with Gasteiger partial charge in [-0.3, -0.25) is 4.98 Å². The molecule has 3 rings (SSSR count). The maximum Gasteiger partial charge on any atom is 0.0485 e. The second kappa shape index (κ2) is 5.66. The van der Waals surface area contributed by atoms with Gasteiger partial charge in [-0.05, 0) is 55.0 Å². The fraction of sp³-hybridized carbons (Fsp3) is 0.353. The molecular weight excluding hydrogens is 312 g/mol. The van der Waals surface area contributed by atoms with E-state index in [-0.39, 0.29) is 6.04 Å². The normalized spacial score (nSPS) is 19.4. The van der Waals surface area contributed by atoms with Gasteiger partial charge in [-0.1, -0.05) is 34.1 Å². The van der Waals surface area contributed by atoms with Crippen molar-refractivity contribution in [3.63, 3.8) is 0 Å². The molecule has 1 aromatic heterocycles. The van der Waals surface area contributed by atoms with Crippen LogP contribution in [0.4, 0.5) is 0 Å². The van der Waals surface area contributed by atoms with Crippen LogP contribution in [0.15, 0.2) is 41.0 Å². The molecule has 2 N–H and O–H groups in total. The molecule has 0 radical (unpaired) electrons. The minimum Gasteiger partial charge on any atom is -0.323 e. The van der Waals surface area contributed by atoms with E-state index in [1.54, 1.807) is 0 Å². The fourth-order valence-corrected chi connectivity index (χ4v) is 3.35. The van der Waals surface area contributed by atoms with E-state index < -0.39 is 0 Å². The van der Waals surface area contributed by atoms with Gasteiger partial charge in [0.1, 0.15) is 0 Å². The number of benzene rings is 1. The molecule has 0 saturated carbocycles. The molecule has 20 heavy (non-hydrogen) atoms. The monoisotopic (exact) mass is 330 g/mol. The summed E-state index contributed by atoms with van der Waals surface area (Å²) in [5.41, 5.74) is 11.6. The van der Waals surface area contributed by atoms with Crippen LogP contribution < -0.4 is 5.73 Å². The van der Waals surface area contributed by atoms with Crippen molar-refractivity contribution in [2.24, 2.45) is 5.73 Å². The number of rotatable bonds is 2. The number of hydrogen-bond donors (Lipinski definition) is 1. The standard InChI is InChI=1S/C17H19BrN2/c1-11-10-13(7-8-15(11)18)16(19)14-6-2-4-12-5-3-9-20-17(12)14/h3,5,7-10,14,16H,2,4,6,19H2,1H3. The zero-order chi connectivity index (χ0) is 14.1. The summed E-state index contributed by atoms with van der Waals surface area (Å²) in [6.07, 6.45) is 5.34. The topological polar surface area (TPSA) is 38.9 Å². The summed E-state index contributed by atoms with van der Waals surface area (Å²) in [5.74, 6) is 0.334. The summed E-state index contributed by atoms with van der Waals surface area (Å²) >= 11 is 3.55. The van der Waals surface area contributed by atoms with E-state index in [9.17, 15) is 0 Å². The lowest BCUT2D eigenvalue weighted by molar-refractivity contribution is 0.462. The molecule has 0 aliphatic heterocycles. The molecular formula is C17H19BrN2. The summed E-state index contributed by atoms with van der Waals surface area (Å²) < 4.78 is 1.13. The highest BCUT2D eigenvalue weighted by atomic mass is 79.9. The third kappa shape index (κ3) is 2.52. The van der Waals surface area contributed by atoms with Gasteiger partial charge in [0.15, 0.2) is 0 Å². The van der Waals surface area contributed by atoms with Crippen molar-refractivity contribution in [3.05, 3.63) is 63.4 Å². The van der Waals surface area contributed by atoms with Crippen LogP contribution >= 0.6 is 15.9 Å². The number of fused-ring (bicyclic) bond motifs is 1. The van der Waals surface area contributed by atoms with Crippen LogP contribution in [0.1, 0.15) is 47.2 Å². The number of nitrogens with zero attached hydrogens (tertiary/aromatic N) is 1. The average molecular weight is 331 g/mol. The van der Waals surface area contributed by atoms with Gasteiger partial charge in [0.2, 0.25) is 0 Å². The van der Waals surface area contributed by atoms with Crippen molar-refractivity contribution in [3.8, 4) is 0 Å². The minimum absolute atomic E-state index is 0.0238. The second-order valence-corrected chi connectivity index (χ2v) is 6.44. The Morgan fingerprint density at radius 1 is 1.35 bits per heavy atom. The molecule has 1 aromatic carbocycles. The van der Waals surface area contributed by atoms with Crippen LogP contribution in [0.25, 0.3) is 0 Å². The third-order valence-electron chi connectivity index (χ3n) is 4.24. The number of nitrogens with two attached hydrogens (primary N) is 1. The van der Waals surface area contributed by atoms with Crippen LogP contribution in [-0.2, 0) is 6.42 Å². The highest BCUT2D eigenvalue weighted by Crippen LogP contribution is 2.38. The Kier molecular flexibility index (Phi) is 3.90. The van der Waals surface area contributed by atoms with Crippen LogP contribution in [0.2, 0.25) is 0 Å². The van der Waals surface area contributed by atoms with Gasteiger partial charge in [0, 0.05) is 28.3 Å². The van der Waals surface area contributed by atoms with Gasteiger partial charge in [-0.15, -0.1) is 0 Å². The van der Waals surface area contributed by atoms with Crippen LogP contribution in [0.5, 0.6) is 0 Å². The maximum atomic E-state index is 6.55. The van der Waals surface area contributed by atoms with E-state index >= 15 is 0 Å². The molecule has 2 aromatic rings. The first-order valence-corrected chi connectivity index (χ1v) is 7.91. The van der Waals surface area contributed by atoms with Gasteiger partial charge in [0.25, 0.3) is 0 Å². The van der Waals surface area contributed by atoms with Crippen molar-refractivity contribution in [2.75, 3.05) is 0 Å². The zero-order valence-electron chi connectivity index (χ0n) is 11.6. The maximum absolute atomic E-state index is 6.55. The van der Waals surface area contributed by atoms with Crippen LogP contribution in [0, 0.1) is 6.92 Å². The van der Waals surface area contributed by atoms with Crippen molar-refractivity contribution in [2.45, 2.75) is 38.1 Å². The number of aromatic nitrogens is 1. The number of hydrogen-bond acceptors (Lipinski definition) is 2. The molecule has 2 unspecified atom stereocenters. The predicted octanol–water partition coefficient (Wildman–Crippen LogP) is 4.27.